The molecule has 2 saturated carbocycles. The fourth-order valence-electron chi connectivity index (χ4n) is 7.30. The number of hydrogen-bond acceptors (Lipinski definition) is 4. The van der Waals surface area contributed by atoms with Crippen LogP contribution in [-0.4, -0.2) is 44.3 Å². The van der Waals surface area contributed by atoms with Crippen LogP contribution in [0.4, 0.5) is 0 Å². The molecule has 0 aliphatic heterocycles. The standard InChI is InChI=1S/C21H32O8/c1-9-12(15(24)25)10(14(22)23)8-11-13(9)21(17(28)29,19(5,6)7)20(11,16(26)27)18(2,3)4/h9-13H,8H2,1-7H3,(H,22,23)(H,24,25)(H,26,27)(H,28,29). The first-order valence-electron chi connectivity index (χ1n) is 9.84. The highest BCUT2D eigenvalue weighted by Crippen LogP contribution is 2.81. The van der Waals surface area contributed by atoms with Crippen molar-refractivity contribution in [1.29, 1.82) is 0 Å². The molecule has 7 atom stereocenters. The third-order valence-electron chi connectivity index (χ3n) is 7.83. The summed E-state index contributed by atoms with van der Waals surface area (Å²) in [6.07, 6.45) is -0.171. The van der Waals surface area contributed by atoms with Crippen LogP contribution >= 0.6 is 0 Å². The Balaban J connectivity index is 2.93. The average molecular weight is 412 g/mol. The van der Waals surface area contributed by atoms with Crippen molar-refractivity contribution in [3.05, 3.63) is 0 Å². The Labute approximate surface area is 170 Å². The van der Waals surface area contributed by atoms with Gasteiger partial charge in [-0.15, -0.1) is 0 Å². The summed E-state index contributed by atoms with van der Waals surface area (Å²) >= 11 is 0. The van der Waals surface area contributed by atoms with E-state index in [2.05, 4.69) is 0 Å². The molecule has 2 rings (SSSR count). The molecule has 8 nitrogen and oxygen atoms in total. The monoisotopic (exact) mass is 412 g/mol. The predicted octanol–water partition coefficient (Wildman–Crippen LogP) is 2.91. The van der Waals surface area contributed by atoms with Crippen LogP contribution in [0.2, 0.25) is 0 Å². The van der Waals surface area contributed by atoms with Crippen LogP contribution in [0.5, 0.6) is 0 Å². The summed E-state index contributed by atoms with van der Waals surface area (Å²) in [6, 6.07) is 0. The number of fused-ring (bicyclic) bond motifs is 1. The van der Waals surface area contributed by atoms with Crippen LogP contribution < -0.4 is 0 Å². The maximum atomic E-state index is 12.9. The Bertz CT molecular complexity index is 758. The van der Waals surface area contributed by atoms with E-state index < -0.39 is 75.1 Å². The van der Waals surface area contributed by atoms with Gasteiger partial charge in [-0.1, -0.05) is 48.5 Å². The fourth-order valence-corrected chi connectivity index (χ4v) is 7.30. The molecule has 7 unspecified atom stereocenters. The third-order valence-corrected chi connectivity index (χ3v) is 7.83. The lowest BCUT2D eigenvalue weighted by atomic mass is 9.23. The maximum Gasteiger partial charge on any atom is 0.311 e. The largest absolute Gasteiger partial charge is 0.481 e. The summed E-state index contributed by atoms with van der Waals surface area (Å²) in [4.78, 5) is 49.6. The van der Waals surface area contributed by atoms with E-state index in [1.807, 2.05) is 0 Å². The molecule has 0 bridgehead atoms. The van der Waals surface area contributed by atoms with Gasteiger partial charge in [-0.2, -0.15) is 0 Å². The molecule has 0 radical (unpaired) electrons. The summed E-state index contributed by atoms with van der Waals surface area (Å²) in [5.74, 6) is -10.0. The first-order valence-corrected chi connectivity index (χ1v) is 9.84. The molecule has 2 aliphatic carbocycles. The second kappa shape index (κ2) is 6.44. The highest BCUT2D eigenvalue weighted by atomic mass is 16.4. The van der Waals surface area contributed by atoms with Gasteiger partial charge in [0.25, 0.3) is 0 Å². The molecule has 0 heterocycles. The molecule has 2 fully saturated rings. The lowest BCUT2D eigenvalue weighted by Gasteiger charge is -2.76. The number of rotatable bonds is 4. The van der Waals surface area contributed by atoms with Gasteiger partial charge in [0.05, 0.1) is 22.7 Å². The van der Waals surface area contributed by atoms with Crippen molar-refractivity contribution in [3.63, 3.8) is 0 Å². The van der Waals surface area contributed by atoms with E-state index in [1.165, 1.54) is 0 Å². The molecular weight excluding hydrogens is 380 g/mol. The third kappa shape index (κ3) is 2.50. The number of aliphatic carboxylic acids is 4. The van der Waals surface area contributed by atoms with Crippen LogP contribution in [0.15, 0.2) is 0 Å². The van der Waals surface area contributed by atoms with E-state index in [0.717, 1.165) is 0 Å². The van der Waals surface area contributed by atoms with E-state index in [-0.39, 0.29) is 6.42 Å². The lowest BCUT2D eigenvalue weighted by Crippen LogP contribution is -2.82. The first-order chi connectivity index (χ1) is 12.9. The summed E-state index contributed by atoms with van der Waals surface area (Å²) in [7, 11) is 0. The molecule has 0 aromatic heterocycles. The summed E-state index contributed by atoms with van der Waals surface area (Å²) in [5.41, 5.74) is -5.53. The molecular formula is C21H32O8. The fraction of sp³-hybridized carbons (Fsp3) is 0.810. The van der Waals surface area contributed by atoms with Gasteiger partial charge in [0.2, 0.25) is 0 Å². The average Bonchev–Trinajstić information content (AvgIpc) is 2.44. The molecule has 164 valence electrons. The zero-order valence-corrected chi connectivity index (χ0v) is 18.0. The van der Waals surface area contributed by atoms with Crippen LogP contribution in [0.25, 0.3) is 0 Å². The van der Waals surface area contributed by atoms with Crippen LogP contribution in [0, 0.1) is 51.2 Å². The van der Waals surface area contributed by atoms with E-state index in [0.29, 0.717) is 0 Å². The topological polar surface area (TPSA) is 149 Å². The van der Waals surface area contributed by atoms with E-state index in [9.17, 15) is 39.6 Å². The minimum absolute atomic E-state index is 0.171. The van der Waals surface area contributed by atoms with Crippen molar-refractivity contribution in [2.24, 2.45) is 51.2 Å². The first kappa shape index (κ1) is 23.2. The van der Waals surface area contributed by atoms with Crippen molar-refractivity contribution in [2.45, 2.75) is 54.9 Å². The molecule has 29 heavy (non-hydrogen) atoms. The van der Waals surface area contributed by atoms with Gasteiger partial charge in [0.15, 0.2) is 0 Å². The van der Waals surface area contributed by atoms with Crippen molar-refractivity contribution in [3.8, 4) is 0 Å². The SMILES string of the molecule is CC1C(C(=O)O)C(C(=O)O)CC2C1C(C(=O)O)(C(C)(C)C)C2(C(=O)O)C(C)(C)C. The van der Waals surface area contributed by atoms with Gasteiger partial charge in [-0.05, 0) is 35.0 Å². The Morgan fingerprint density at radius 1 is 0.759 bits per heavy atom. The van der Waals surface area contributed by atoms with Crippen molar-refractivity contribution < 1.29 is 39.6 Å². The van der Waals surface area contributed by atoms with Crippen LogP contribution in [0.1, 0.15) is 54.9 Å². The normalized spacial score (nSPS) is 39.8. The Hall–Kier alpha value is -2.12. The van der Waals surface area contributed by atoms with Gasteiger partial charge in [0, 0.05) is 0 Å². The van der Waals surface area contributed by atoms with Crippen molar-refractivity contribution >= 4 is 23.9 Å². The molecule has 0 aromatic carbocycles. The van der Waals surface area contributed by atoms with E-state index >= 15 is 0 Å². The van der Waals surface area contributed by atoms with Gasteiger partial charge in [-0.3, -0.25) is 19.2 Å². The number of carboxylic acids is 4. The highest BCUT2D eigenvalue weighted by Gasteiger charge is 2.87. The summed E-state index contributed by atoms with van der Waals surface area (Å²) in [5, 5.41) is 40.4. The zero-order chi connectivity index (χ0) is 22.9. The van der Waals surface area contributed by atoms with Crippen LogP contribution in [-0.2, 0) is 19.2 Å². The van der Waals surface area contributed by atoms with Crippen molar-refractivity contribution in [1.82, 2.24) is 0 Å². The van der Waals surface area contributed by atoms with E-state index in [1.54, 1.807) is 48.5 Å². The zero-order valence-electron chi connectivity index (χ0n) is 18.0. The Morgan fingerprint density at radius 3 is 1.45 bits per heavy atom. The maximum absolute atomic E-state index is 12.9. The van der Waals surface area contributed by atoms with Gasteiger partial charge in [-0.25, -0.2) is 0 Å². The highest BCUT2D eigenvalue weighted by molar-refractivity contribution is 5.92. The summed E-state index contributed by atoms with van der Waals surface area (Å²) < 4.78 is 0. The van der Waals surface area contributed by atoms with Gasteiger partial charge >= 0.3 is 23.9 Å². The molecule has 0 spiro atoms. The summed E-state index contributed by atoms with van der Waals surface area (Å²) in [6.45, 7) is 11.6. The Kier molecular flexibility index (Phi) is 5.14. The molecule has 4 N–H and O–H groups in total. The quantitative estimate of drug-likeness (QED) is 0.550. The number of carboxylic acid groups (broad SMARTS) is 4. The van der Waals surface area contributed by atoms with Crippen molar-refractivity contribution in [2.75, 3.05) is 0 Å². The molecule has 0 aromatic rings. The minimum atomic E-state index is -1.76. The smallest absolute Gasteiger partial charge is 0.311 e. The van der Waals surface area contributed by atoms with Gasteiger partial charge in [0.1, 0.15) is 0 Å². The molecule has 0 amide bonds. The second-order valence-electron chi connectivity index (χ2n) is 10.8. The number of carbonyl (C=O) groups is 4. The molecule has 0 saturated heterocycles. The Morgan fingerprint density at radius 2 is 1.17 bits per heavy atom. The number of hydrogen-bond donors (Lipinski definition) is 4. The van der Waals surface area contributed by atoms with E-state index in [4.69, 9.17) is 0 Å². The minimum Gasteiger partial charge on any atom is -0.481 e. The van der Waals surface area contributed by atoms with Crippen LogP contribution in [0.3, 0.4) is 0 Å². The molecule has 8 heteroatoms. The predicted molar refractivity (Wildman–Crippen MR) is 102 cm³/mol. The lowest BCUT2D eigenvalue weighted by molar-refractivity contribution is -0.320. The molecule has 2 aliphatic rings. The second-order valence-corrected chi connectivity index (χ2v) is 10.8. The van der Waals surface area contributed by atoms with Gasteiger partial charge < -0.3 is 20.4 Å².